The lowest BCUT2D eigenvalue weighted by molar-refractivity contribution is -0.151. The van der Waals surface area contributed by atoms with E-state index >= 15 is 0 Å². The van der Waals surface area contributed by atoms with Crippen LogP contribution >= 0.6 is 0 Å². The number of benzene rings is 1. The van der Waals surface area contributed by atoms with E-state index in [0.717, 1.165) is 16.9 Å². The van der Waals surface area contributed by atoms with Crippen LogP contribution in [0.1, 0.15) is 37.3 Å². The van der Waals surface area contributed by atoms with E-state index in [1.165, 1.54) is 19.3 Å². The zero-order chi connectivity index (χ0) is 16.8. The number of carbonyl (C=O) groups excluding carboxylic acids is 1. The number of esters is 1. The van der Waals surface area contributed by atoms with Gasteiger partial charge in [-0.2, -0.15) is 0 Å². The summed E-state index contributed by atoms with van der Waals surface area (Å²) in [7, 11) is 0. The highest BCUT2D eigenvalue weighted by molar-refractivity contribution is 5.72. The lowest BCUT2D eigenvalue weighted by atomic mass is 9.82. The van der Waals surface area contributed by atoms with E-state index in [0.29, 0.717) is 12.5 Å². The standard InChI is InChI=1S/C20H23NO3/c1-15(18-7-3-8-18)24-20(22)12-16-5-2-9-19(11-16)23-14-17-6-4-10-21-13-17/h2,4-6,9-11,13,15,18H,3,7-8,12,14H2,1H3/t15-/m1/s1. The summed E-state index contributed by atoms with van der Waals surface area (Å²) < 4.78 is 11.3. The van der Waals surface area contributed by atoms with Gasteiger partial charge in [-0.05, 0) is 49.4 Å². The third-order valence-corrected chi connectivity index (χ3v) is 4.51. The van der Waals surface area contributed by atoms with Gasteiger partial charge in [-0.3, -0.25) is 9.78 Å². The van der Waals surface area contributed by atoms with Crippen LogP contribution in [0.5, 0.6) is 5.75 Å². The van der Waals surface area contributed by atoms with E-state index in [4.69, 9.17) is 9.47 Å². The predicted molar refractivity (Wildman–Crippen MR) is 91.6 cm³/mol. The number of carbonyl (C=O) groups is 1. The van der Waals surface area contributed by atoms with Crippen molar-refractivity contribution in [3.8, 4) is 5.75 Å². The maximum atomic E-state index is 12.1. The fourth-order valence-corrected chi connectivity index (χ4v) is 2.82. The molecule has 0 bridgehead atoms. The molecule has 0 N–H and O–H groups in total. The van der Waals surface area contributed by atoms with E-state index in [9.17, 15) is 4.79 Å². The van der Waals surface area contributed by atoms with E-state index in [1.54, 1.807) is 12.4 Å². The monoisotopic (exact) mass is 325 g/mol. The first-order valence-electron chi connectivity index (χ1n) is 8.51. The van der Waals surface area contributed by atoms with Crippen molar-refractivity contribution in [2.24, 2.45) is 5.92 Å². The highest BCUT2D eigenvalue weighted by Gasteiger charge is 2.26. The number of pyridine rings is 1. The summed E-state index contributed by atoms with van der Waals surface area (Å²) in [4.78, 5) is 16.2. The van der Waals surface area contributed by atoms with Crippen molar-refractivity contribution >= 4 is 5.97 Å². The number of nitrogens with zero attached hydrogens (tertiary/aromatic N) is 1. The van der Waals surface area contributed by atoms with Gasteiger partial charge in [-0.1, -0.05) is 24.6 Å². The molecule has 0 aliphatic heterocycles. The molecule has 2 aromatic rings. The first kappa shape index (κ1) is 16.5. The third-order valence-electron chi connectivity index (χ3n) is 4.51. The lowest BCUT2D eigenvalue weighted by Gasteiger charge is -2.30. The molecule has 1 aliphatic carbocycles. The Bertz CT molecular complexity index is 668. The van der Waals surface area contributed by atoms with Crippen LogP contribution < -0.4 is 4.74 Å². The highest BCUT2D eigenvalue weighted by Crippen LogP contribution is 2.31. The van der Waals surface area contributed by atoms with E-state index < -0.39 is 0 Å². The maximum absolute atomic E-state index is 12.1. The van der Waals surface area contributed by atoms with Crippen LogP contribution in [-0.2, 0) is 22.6 Å². The van der Waals surface area contributed by atoms with Gasteiger partial charge >= 0.3 is 5.97 Å². The van der Waals surface area contributed by atoms with Gasteiger partial charge in [0.15, 0.2) is 0 Å². The van der Waals surface area contributed by atoms with Crippen LogP contribution in [0, 0.1) is 5.92 Å². The molecule has 3 rings (SSSR count). The average molecular weight is 325 g/mol. The zero-order valence-corrected chi connectivity index (χ0v) is 14.0. The van der Waals surface area contributed by atoms with Crippen molar-refractivity contribution in [2.75, 3.05) is 0 Å². The Hall–Kier alpha value is -2.36. The van der Waals surface area contributed by atoms with Crippen molar-refractivity contribution in [2.45, 2.75) is 45.3 Å². The van der Waals surface area contributed by atoms with Crippen molar-refractivity contribution in [3.63, 3.8) is 0 Å². The minimum absolute atomic E-state index is 0.0243. The smallest absolute Gasteiger partial charge is 0.310 e. The van der Waals surface area contributed by atoms with Gasteiger partial charge in [0.2, 0.25) is 0 Å². The van der Waals surface area contributed by atoms with Gasteiger partial charge in [0.1, 0.15) is 18.5 Å². The van der Waals surface area contributed by atoms with Crippen LogP contribution in [0.3, 0.4) is 0 Å². The number of hydrogen-bond acceptors (Lipinski definition) is 4. The van der Waals surface area contributed by atoms with Gasteiger partial charge in [0, 0.05) is 18.0 Å². The number of rotatable bonds is 7. The van der Waals surface area contributed by atoms with Crippen LogP contribution in [0.15, 0.2) is 48.8 Å². The Labute approximate surface area is 142 Å². The molecule has 1 atom stereocenters. The molecule has 24 heavy (non-hydrogen) atoms. The quantitative estimate of drug-likeness (QED) is 0.724. The summed E-state index contributed by atoms with van der Waals surface area (Å²) in [6.45, 7) is 2.45. The van der Waals surface area contributed by atoms with Crippen LogP contribution in [0.2, 0.25) is 0 Å². The van der Waals surface area contributed by atoms with E-state index in [-0.39, 0.29) is 18.5 Å². The summed E-state index contributed by atoms with van der Waals surface area (Å²) in [5, 5.41) is 0. The molecule has 1 heterocycles. The maximum Gasteiger partial charge on any atom is 0.310 e. The number of ether oxygens (including phenoxy) is 2. The number of aromatic nitrogens is 1. The molecule has 0 saturated heterocycles. The summed E-state index contributed by atoms with van der Waals surface area (Å²) in [5.74, 6) is 1.12. The Morgan fingerprint density at radius 3 is 2.79 bits per heavy atom. The molecule has 1 aliphatic rings. The Morgan fingerprint density at radius 2 is 2.08 bits per heavy atom. The molecule has 0 radical (unpaired) electrons. The highest BCUT2D eigenvalue weighted by atomic mass is 16.5. The number of hydrogen-bond donors (Lipinski definition) is 0. The second kappa shape index (κ2) is 7.95. The normalized spacial score (nSPS) is 15.4. The van der Waals surface area contributed by atoms with Gasteiger partial charge in [0.05, 0.1) is 6.42 Å². The molecule has 0 amide bonds. The van der Waals surface area contributed by atoms with E-state index in [2.05, 4.69) is 4.98 Å². The average Bonchev–Trinajstić information content (AvgIpc) is 2.52. The minimum Gasteiger partial charge on any atom is -0.489 e. The molecule has 1 fully saturated rings. The first-order valence-corrected chi connectivity index (χ1v) is 8.51. The predicted octanol–water partition coefficient (Wildman–Crippen LogP) is 3.93. The van der Waals surface area contributed by atoms with Gasteiger partial charge in [-0.25, -0.2) is 0 Å². The summed E-state index contributed by atoms with van der Waals surface area (Å²) >= 11 is 0. The van der Waals surface area contributed by atoms with Crippen molar-refractivity contribution in [1.82, 2.24) is 4.98 Å². The Morgan fingerprint density at radius 1 is 1.25 bits per heavy atom. The molecule has 4 nitrogen and oxygen atoms in total. The molecule has 0 unspecified atom stereocenters. The second-order valence-corrected chi connectivity index (χ2v) is 6.36. The minimum atomic E-state index is -0.168. The first-order chi connectivity index (χ1) is 11.7. The molecule has 126 valence electrons. The fraction of sp³-hybridized carbons (Fsp3) is 0.400. The van der Waals surface area contributed by atoms with Crippen LogP contribution in [0.25, 0.3) is 0 Å². The SMILES string of the molecule is C[C@@H](OC(=O)Cc1cccc(OCc2cccnc2)c1)C1CCC1. The topological polar surface area (TPSA) is 48.4 Å². The van der Waals surface area contributed by atoms with Gasteiger partial charge in [-0.15, -0.1) is 0 Å². The van der Waals surface area contributed by atoms with Crippen LogP contribution in [0.4, 0.5) is 0 Å². The molecule has 1 saturated carbocycles. The van der Waals surface area contributed by atoms with E-state index in [1.807, 2.05) is 43.3 Å². The zero-order valence-electron chi connectivity index (χ0n) is 14.0. The molecular weight excluding hydrogens is 302 g/mol. The molecule has 1 aromatic carbocycles. The lowest BCUT2D eigenvalue weighted by Crippen LogP contribution is -2.29. The fourth-order valence-electron chi connectivity index (χ4n) is 2.82. The molecule has 4 heteroatoms. The van der Waals surface area contributed by atoms with Gasteiger partial charge in [0.25, 0.3) is 0 Å². The summed E-state index contributed by atoms with van der Waals surface area (Å²) in [6, 6.07) is 11.5. The van der Waals surface area contributed by atoms with Crippen LogP contribution in [-0.4, -0.2) is 17.1 Å². The van der Waals surface area contributed by atoms with Crippen molar-refractivity contribution in [3.05, 3.63) is 59.9 Å². The van der Waals surface area contributed by atoms with Gasteiger partial charge < -0.3 is 9.47 Å². The molecule has 0 spiro atoms. The second-order valence-electron chi connectivity index (χ2n) is 6.36. The summed E-state index contributed by atoms with van der Waals surface area (Å²) in [5.41, 5.74) is 1.92. The van der Waals surface area contributed by atoms with Crippen molar-refractivity contribution in [1.29, 1.82) is 0 Å². The molecular formula is C20H23NO3. The molecule has 1 aromatic heterocycles. The van der Waals surface area contributed by atoms with Crippen molar-refractivity contribution < 1.29 is 14.3 Å². The Balaban J connectivity index is 1.51. The third kappa shape index (κ3) is 4.57. The largest absolute Gasteiger partial charge is 0.489 e. The Kier molecular flexibility index (Phi) is 5.47. The summed E-state index contributed by atoms with van der Waals surface area (Å²) in [6.07, 6.45) is 7.42.